The molecule has 84 valence electrons. The van der Waals surface area contributed by atoms with Gasteiger partial charge < -0.3 is 9.27 Å². The van der Waals surface area contributed by atoms with Crippen molar-refractivity contribution in [2.24, 2.45) is 0 Å². The van der Waals surface area contributed by atoms with Crippen molar-refractivity contribution in [1.82, 2.24) is 0 Å². The second-order valence-electron chi connectivity index (χ2n) is 3.48. The Bertz CT molecular complexity index is 485. The van der Waals surface area contributed by atoms with Gasteiger partial charge in [-0.15, -0.1) is 0 Å². The van der Waals surface area contributed by atoms with Crippen LogP contribution in [0.5, 0.6) is 0 Å². The molecule has 1 N–H and O–H groups in total. The molecule has 4 nitrogen and oxygen atoms in total. The minimum atomic E-state index is -2.41. The molecule has 0 fully saturated rings. The Morgan fingerprint density at radius 2 is 2.25 bits per heavy atom. The third-order valence-corrected chi connectivity index (χ3v) is 2.20. The van der Waals surface area contributed by atoms with Gasteiger partial charge in [0.25, 0.3) is 0 Å². The van der Waals surface area contributed by atoms with Crippen LogP contribution in [0.25, 0.3) is 6.08 Å². The van der Waals surface area contributed by atoms with Crippen molar-refractivity contribution in [3.8, 4) is 6.07 Å². The minimum absolute atomic E-state index is 0.293. The van der Waals surface area contributed by atoms with Crippen molar-refractivity contribution in [3.05, 3.63) is 34.9 Å². The summed E-state index contributed by atoms with van der Waals surface area (Å²) >= 11 is -2.41. The lowest BCUT2D eigenvalue weighted by atomic mass is 10.1. The molecule has 1 aromatic rings. The van der Waals surface area contributed by atoms with Crippen LogP contribution in [0, 0.1) is 11.3 Å². The average Bonchev–Trinajstić information content (AvgIpc) is 2.18. The third kappa shape index (κ3) is 3.50. The van der Waals surface area contributed by atoms with E-state index in [1.54, 1.807) is 18.2 Å². The van der Waals surface area contributed by atoms with E-state index in [2.05, 4.69) is 4.72 Å². The van der Waals surface area contributed by atoms with Crippen molar-refractivity contribution in [2.45, 2.75) is 13.8 Å². The summed E-state index contributed by atoms with van der Waals surface area (Å²) in [5.74, 6) is 0. The molecule has 0 saturated heterocycles. The molecule has 0 saturated carbocycles. The van der Waals surface area contributed by atoms with Crippen LogP contribution in [0.1, 0.15) is 25.0 Å². The highest BCUT2D eigenvalue weighted by atomic mass is 32.2. The van der Waals surface area contributed by atoms with E-state index in [0.29, 0.717) is 11.3 Å². The maximum atomic E-state index is 10.5. The van der Waals surface area contributed by atoms with E-state index in [9.17, 15) is 8.76 Å². The van der Waals surface area contributed by atoms with Crippen molar-refractivity contribution in [1.29, 1.82) is 5.26 Å². The zero-order valence-corrected chi connectivity index (χ0v) is 9.80. The molecule has 0 amide bonds. The largest absolute Gasteiger partial charge is 0.755 e. The summed E-state index contributed by atoms with van der Waals surface area (Å²) in [6.45, 7) is 3.90. The molecule has 0 radical (unpaired) electrons. The van der Waals surface area contributed by atoms with Gasteiger partial charge in [-0.05, 0) is 31.5 Å². The summed E-state index contributed by atoms with van der Waals surface area (Å²) in [5.41, 5.74) is 2.58. The lowest BCUT2D eigenvalue weighted by molar-refractivity contribution is 0.542. The quantitative estimate of drug-likeness (QED) is 0.816. The summed E-state index contributed by atoms with van der Waals surface area (Å²) in [5, 5.41) is 8.88. The molecule has 0 bridgehead atoms. The van der Waals surface area contributed by atoms with Crippen LogP contribution in [0.15, 0.2) is 23.8 Å². The van der Waals surface area contributed by atoms with Gasteiger partial charge in [-0.25, -0.2) is 0 Å². The molecular formula is C11H11N2O2S-. The number of allylic oxidation sites excluding steroid dienone is 1. The Balaban J connectivity index is 3.13. The Morgan fingerprint density at radius 3 is 2.75 bits per heavy atom. The molecule has 0 heterocycles. The van der Waals surface area contributed by atoms with Crippen LogP contribution >= 0.6 is 0 Å². The Hall–Kier alpha value is -1.64. The number of nitriles is 1. The first-order valence-electron chi connectivity index (χ1n) is 4.58. The highest BCUT2D eigenvalue weighted by Gasteiger charge is 2.02. The first kappa shape index (κ1) is 12.4. The molecule has 1 atom stereocenters. The third-order valence-electron chi connectivity index (χ3n) is 1.81. The van der Waals surface area contributed by atoms with Gasteiger partial charge in [0.2, 0.25) is 0 Å². The fraction of sp³-hybridized carbons (Fsp3) is 0.182. The van der Waals surface area contributed by atoms with E-state index >= 15 is 0 Å². The first-order valence-corrected chi connectivity index (χ1v) is 5.65. The number of rotatable bonds is 3. The van der Waals surface area contributed by atoms with Gasteiger partial charge in [0, 0.05) is 11.3 Å². The fourth-order valence-corrected chi connectivity index (χ4v) is 1.61. The molecule has 5 heteroatoms. The predicted molar refractivity (Wildman–Crippen MR) is 63.0 cm³/mol. The fourth-order valence-electron chi connectivity index (χ4n) is 1.26. The molecule has 0 aliphatic carbocycles. The lowest BCUT2D eigenvalue weighted by Gasteiger charge is -2.10. The number of hydrogen-bond acceptors (Lipinski definition) is 3. The maximum Gasteiger partial charge on any atom is 0.101 e. The van der Waals surface area contributed by atoms with Crippen molar-refractivity contribution < 1.29 is 8.76 Å². The average molecular weight is 235 g/mol. The van der Waals surface area contributed by atoms with E-state index in [4.69, 9.17) is 5.26 Å². The molecule has 0 aliphatic heterocycles. The maximum absolute atomic E-state index is 10.5. The summed E-state index contributed by atoms with van der Waals surface area (Å²) in [6.07, 6.45) is 1.92. The van der Waals surface area contributed by atoms with Gasteiger partial charge >= 0.3 is 0 Å². The Labute approximate surface area is 97.0 Å². The molecule has 0 aromatic heterocycles. The van der Waals surface area contributed by atoms with E-state index in [1.165, 1.54) is 0 Å². The van der Waals surface area contributed by atoms with Gasteiger partial charge in [-0.1, -0.05) is 17.7 Å². The van der Waals surface area contributed by atoms with E-state index in [1.807, 2.05) is 26.0 Å². The van der Waals surface area contributed by atoms with Crippen molar-refractivity contribution in [2.75, 3.05) is 4.72 Å². The van der Waals surface area contributed by atoms with E-state index < -0.39 is 11.3 Å². The van der Waals surface area contributed by atoms with Crippen LogP contribution in [0.2, 0.25) is 0 Å². The standard InChI is InChI=1S/C11H12N2O2S/c1-8(2)5-9-3-4-11(13-16(14)15)10(6-9)7-12/h3-6,13H,1-2H3,(H,14,15)/p-1. The van der Waals surface area contributed by atoms with Gasteiger partial charge in [0.05, 0.1) is 11.3 Å². The predicted octanol–water partition coefficient (Wildman–Crippen LogP) is 2.19. The minimum Gasteiger partial charge on any atom is -0.755 e. The molecule has 1 rings (SSSR count). The monoisotopic (exact) mass is 235 g/mol. The van der Waals surface area contributed by atoms with Crippen LogP contribution in [0.4, 0.5) is 5.69 Å². The van der Waals surface area contributed by atoms with E-state index in [0.717, 1.165) is 11.1 Å². The highest BCUT2D eigenvalue weighted by Crippen LogP contribution is 2.18. The smallest absolute Gasteiger partial charge is 0.101 e. The van der Waals surface area contributed by atoms with Gasteiger partial charge in [0.1, 0.15) is 6.07 Å². The lowest BCUT2D eigenvalue weighted by Crippen LogP contribution is -2.04. The van der Waals surface area contributed by atoms with Crippen LogP contribution < -0.4 is 4.72 Å². The number of anilines is 1. The SMILES string of the molecule is CC(C)=Cc1ccc(NS(=O)[O-])c(C#N)c1. The van der Waals surface area contributed by atoms with Crippen LogP contribution in [-0.4, -0.2) is 8.76 Å². The number of nitrogens with zero attached hydrogens (tertiary/aromatic N) is 1. The zero-order valence-electron chi connectivity index (χ0n) is 8.98. The van der Waals surface area contributed by atoms with Crippen molar-refractivity contribution >= 4 is 23.0 Å². The topological polar surface area (TPSA) is 75.9 Å². The molecule has 0 spiro atoms. The highest BCUT2D eigenvalue weighted by molar-refractivity contribution is 7.80. The molecule has 1 aromatic carbocycles. The number of nitrogens with one attached hydrogen (secondary N) is 1. The molecular weight excluding hydrogens is 224 g/mol. The normalized spacial score (nSPS) is 11.4. The van der Waals surface area contributed by atoms with Crippen LogP contribution in [0.3, 0.4) is 0 Å². The second-order valence-corrected chi connectivity index (χ2v) is 4.15. The Morgan fingerprint density at radius 1 is 1.56 bits per heavy atom. The van der Waals surface area contributed by atoms with Crippen molar-refractivity contribution in [3.63, 3.8) is 0 Å². The van der Waals surface area contributed by atoms with Gasteiger partial charge in [-0.3, -0.25) is 4.21 Å². The van der Waals surface area contributed by atoms with Gasteiger partial charge in [-0.2, -0.15) is 5.26 Å². The summed E-state index contributed by atoms with van der Waals surface area (Å²) in [7, 11) is 0. The summed E-state index contributed by atoms with van der Waals surface area (Å²) in [4.78, 5) is 0. The second kappa shape index (κ2) is 5.45. The first-order chi connectivity index (χ1) is 7.52. The van der Waals surface area contributed by atoms with Gasteiger partial charge in [0.15, 0.2) is 0 Å². The Kier molecular flexibility index (Phi) is 4.23. The summed E-state index contributed by atoms with van der Waals surface area (Å²) < 4.78 is 23.1. The molecule has 1 unspecified atom stereocenters. The molecule has 16 heavy (non-hydrogen) atoms. The van der Waals surface area contributed by atoms with Crippen LogP contribution in [-0.2, 0) is 11.3 Å². The zero-order chi connectivity index (χ0) is 12.1. The molecule has 0 aliphatic rings. The van der Waals surface area contributed by atoms with E-state index in [-0.39, 0.29) is 0 Å². The summed E-state index contributed by atoms with van der Waals surface area (Å²) in [6, 6.07) is 6.92. The number of benzene rings is 1. The number of hydrogen-bond donors (Lipinski definition) is 1.